The minimum atomic E-state index is -0.457. The molecule has 0 radical (unpaired) electrons. The lowest BCUT2D eigenvalue weighted by atomic mass is 10.1. The number of anilines is 1. The Kier molecular flexibility index (Phi) is 3.73. The highest BCUT2D eigenvalue weighted by molar-refractivity contribution is 8.00. The molecular formula is C13H14N4O2S2. The van der Waals surface area contributed by atoms with Gasteiger partial charge in [-0.05, 0) is 5.57 Å². The van der Waals surface area contributed by atoms with E-state index in [2.05, 4.69) is 16.9 Å². The van der Waals surface area contributed by atoms with E-state index in [0.29, 0.717) is 10.8 Å². The zero-order chi connectivity index (χ0) is 15.0. The van der Waals surface area contributed by atoms with E-state index in [0.717, 1.165) is 11.3 Å². The number of carbonyl (C=O) groups excluding carboxylic acids is 2. The second-order valence-electron chi connectivity index (χ2n) is 4.75. The van der Waals surface area contributed by atoms with Gasteiger partial charge in [0.1, 0.15) is 11.4 Å². The number of hydrogen-bond donors (Lipinski definition) is 2. The van der Waals surface area contributed by atoms with Gasteiger partial charge < -0.3 is 16.0 Å². The summed E-state index contributed by atoms with van der Waals surface area (Å²) in [6.07, 6.45) is 3.69. The summed E-state index contributed by atoms with van der Waals surface area (Å²) in [6, 6.07) is -0.457. The molecule has 3 rings (SSSR count). The summed E-state index contributed by atoms with van der Waals surface area (Å²) in [7, 11) is 0. The number of allylic oxidation sites excluding steroid dienone is 1. The Hall–Kier alpha value is -1.80. The molecule has 2 amide bonds. The van der Waals surface area contributed by atoms with Gasteiger partial charge in [-0.3, -0.25) is 9.59 Å². The first-order chi connectivity index (χ1) is 10.1. The Labute approximate surface area is 130 Å². The molecule has 8 heteroatoms. The average Bonchev–Trinajstić information content (AvgIpc) is 2.89. The van der Waals surface area contributed by atoms with E-state index in [9.17, 15) is 9.59 Å². The molecule has 0 aromatic carbocycles. The Morgan fingerprint density at radius 3 is 3.14 bits per heavy atom. The SMILES string of the molecule is C=CC1=CN2C(=O)C(NC(=O)Cc3csc(N)n3)[C@H]2SC1. The Morgan fingerprint density at radius 1 is 1.67 bits per heavy atom. The van der Waals surface area contributed by atoms with E-state index in [1.54, 1.807) is 34.3 Å². The summed E-state index contributed by atoms with van der Waals surface area (Å²) in [5.74, 6) is 0.502. The number of thiazole rings is 1. The number of rotatable bonds is 4. The number of thioether (sulfide) groups is 1. The Balaban J connectivity index is 1.59. The Morgan fingerprint density at radius 2 is 2.48 bits per heavy atom. The number of nitrogens with two attached hydrogens (primary N) is 1. The van der Waals surface area contributed by atoms with E-state index >= 15 is 0 Å². The molecule has 1 unspecified atom stereocenters. The van der Waals surface area contributed by atoms with E-state index < -0.39 is 6.04 Å². The maximum absolute atomic E-state index is 12.0. The third-order valence-corrected chi connectivity index (χ3v) is 5.36. The van der Waals surface area contributed by atoms with Crippen LogP contribution in [-0.4, -0.2) is 38.9 Å². The third kappa shape index (κ3) is 2.68. The molecule has 6 nitrogen and oxygen atoms in total. The van der Waals surface area contributed by atoms with Crippen LogP contribution in [0.4, 0.5) is 5.13 Å². The second kappa shape index (κ2) is 5.53. The highest BCUT2D eigenvalue weighted by Gasteiger charge is 2.49. The summed E-state index contributed by atoms with van der Waals surface area (Å²) in [5.41, 5.74) is 7.17. The van der Waals surface area contributed by atoms with Crippen LogP contribution in [0, 0.1) is 0 Å². The molecule has 2 aliphatic rings. The minimum absolute atomic E-state index is 0.0225. The number of aromatic nitrogens is 1. The number of nitrogens with zero attached hydrogens (tertiary/aromatic N) is 2. The maximum atomic E-state index is 12.0. The van der Waals surface area contributed by atoms with Gasteiger partial charge in [0.15, 0.2) is 5.13 Å². The first-order valence-electron chi connectivity index (χ1n) is 6.34. The average molecular weight is 322 g/mol. The molecular weight excluding hydrogens is 308 g/mol. The van der Waals surface area contributed by atoms with Crippen LogP contribution < -0.4 is 11.1 Å². The topological polar surface area (TPSA) is 88.3 Å². The van der Waals surface area contributed by atoms with Crippen molar-refractivity contribution < 1.29 is 9.59 Å². The fraction of sp³-hybridized carbons (Fsp3) is 0.308. The van der Waals surface area contributed by atoms with Gasteiger partial charge in [0.2, 0.25) is 5.91 Å². The van der Waals surface area contributed by atoms with Gasteiger partial charge in [-0.25, -0.2) is 4.98 Å². The molecule has 1 aromatic heterocycles. The summed E-state index contributed by atoms with van der Waals surface area (Å²) < 4.78 is 0. The van der Waals surface area contributed by atoms with Crippen molar-refractivity contribution in [1.29, 1.82) is 0 Å². The molecule has 0 bridgehead atoms. The summed E-state index contributed by atoms with van der Waals surface area (Å²) in [4.78, 5) is 29.7. The van der Waals surface area contributed by atoms with Crippen LogP contribution in [0.15, 0.2) is 29.8 Å². The van der Waals surface area contributed by atoms with Crippen molar-refractivity contribution in [3.63, 3.8) is 0 Å². The number of β-lactam (4-membered cyclic amide) rings is 1. The molecule has 1 fully saturated rings. The van der Waals surface area contributed by atoms with E-state index in [1.165, 1.54) is 11.3 Å². The summed E-state index contributed by atoms with van der Waals surface area (Å²) >= 11 is 2.92. The third-order valence-electron chi connectivity index (χ3n) is 3.30. The fourth-order valence-corrected chi connectivity index (χ4v) is 4.06. The van der Waals surface area contributed by atoms with Gasteiger partial charge in [-0.15, -0.1) is 23.1 Å². The van der Waals surface area contributed by atoms with Crippen molar-refractivity contribution in [3.8, 4) is 0 Å². The van der Waals surface area contributed by atoms with E-state index in [4.69, 9.17) is 5.73 Å². The number of fused-ring (bicyclic) bond motifs is 1. The summed E-state index contributed by atoms with van der Waals surface area (Å²) in [6.45, 7) is 3.70. The maximum Gasteiger partial charge on any atom is 0.253 e. The monoisotopic (exact) mass is 322 g/mol. The van der Waals surface area contributed by atoms with Crippen LogP contribution in [0.25, 0.3) is 0 Å². The predicted octanol–water partition coefficient (Wildman–Crippen LogP) is 0.738. The number of carbonyl (C=O) groups is 2. The number of amides is 2. The lowest BCUT2D eigenvalue weighted by Gasteiger charge is -2.47. The van der Waals surface area contributed by atoms with Crippen LogP contribution in [0.1, 0.15) is 5.69 Å². The molecule has 0 aliphatic carbocycles. The molecule has 3 heterocycles. The smallest absolute Gasteiger partial charge is 0.253 e. The van der Waals surface area contributed by atoms with E-state index in [1.807, 2.05) is 0 Å². The fourth-order valence-electron chi connectivity index (χ4n) is 2.24. The van der Waals surface area contributed by atoms with Crippen LogP contribution in [0.2, 0.25) is 0 Å². The zero-order valence-corrected chi connectivity index (χ0v) is 12.7. The Bertz CT molecular complexity index is 640. The van der Waals surface area contributed by atoms with Crippen molar-refractivity contribution in [2.45, 2.75) is 17.8 Å². The number of nitrogen functional groups attached to an aromatic ring is 1. The first-order valence-corrected chi connectivity index (χ1v) is 8.27. The summed E-state index contributed by atoms with van der Waals surface area (Å²) in [5, 5.41) is 4.94. The molecule has 0 spiro atoms. The molecule has 110 valence electrons. The van der Waals surface area contributed by atoms with Crippen LogP contribution in [-0.2, 0) is 16.0 Å². The first kappa shape index (κ1) is 14.2. The predicted molar refractivity (Wildman–Crippen MR) is 83.5 cm³/mol. The standard InChI is InChI=1S/C13H14N4O2S2/c1-2-7-4-17-11(19)10(12(17)20-5-7)16-9(18)3-8-6-21-13(14)15-8/h2,4,6,10,12H,1,3,5H2,(H2,14,15)(H,16,18)/t10?,12-/m1/s1. The van der Waals surface area contributed by atoms with Crippen molar-refractivity contribution >= 4 is 40.0 Å². The van der Waals surface area contributed by atoms with Crippen molar-refractivity contribution in [2.24, 2.45) is 0 Å². The minimum Gasteiger partial charge on any atom is -0.375 e. The van der Waals surface area contributed by atoms with Gasteiger partial charge in [-0.1, -0.05) is 12.7 Å². The quantitative estimate of drug-likeness (QED) is 0.798. The van der Waals surface area contributed by atoms with Gasteiger partial charge in [0.05, 0.1) is 12.1 Å². The zero-order valence-electron chi connectivity index (χ0n) is 11.1. The van der Waals surface area contributed by atoms with E-state index in [-0.39, 0.29) is 23.6 Å². The van der Waals surface area contributed by atoms with Crippen LogP contribution in [0.3, 0.4) is 0 Å². The molecule has 2 aliphatic heterocycles. The highest BCUT2D eigenvalue weighted by Crippen LogP contribution is 2.36. The molecule has 2 atom stereocenters. The van der Waals surface area contributed by atoms with Crippen molar-refractivity contribution in [3.05, 3.63) is 35.5 Å². The van der Waals surface area contributed by atoms with Crippen molar-refractivity contribution in [1.82, 2.24) is 15.2 Å². The molecule has 1 saturated heterocycles. The van der Waals surface area contributed by atoms with Crippen LogP contribution in [0.5, 0.6) is 0 Å². The number of nitrogens with one attached hydrogen (secondary N) is 1. The molecule has 1 aromatic rings. The van der Waals surface area contributed by atoms with Gasteiger partial charge >= 0.3 is 0 Å². The highest BCUT2D eigenvalue weighted by atomic mass is 32.2. The normalized spacial score (nSPS) is 23.9. The molecule has 3 N–H and O–H groups in total. The van der Waals surface area contributed by atoms with Crippen molar-refractivity contribution in [2.75, 3.05) is 11.5 Å². The lowest BCUT2D eigenvalue weighted by Crippen LogP contribution is -2.68. The molecule has 0 saturated carbocycles. The van der Waals surface area contributed by atoms with Gasteiger partial charge in [0.25, 0.3) is 5.91 Å². The lowest BCUT2D eigenvalue weighted by molar-refractivity contribution is -0.144. The molecule has 21 heavy (non-hydrogen) atoms. The largest absolute Gasteiger partial charge is 0.375 e. The van der Waals surface area contributed by atoms with Crippen LogP contribution >= 0.6 is 23.1 Å². The van der Waals surface area contributed by atoms with Gasteiger partial charge in [0, 0.05) is 17.3 Å². The van der Waals surface area contributed by atoms with Gasteiger partial charge in [-0.2, -0.15) is 0 Å². The second-order valence-corrected chi connectivity index (χ2v) is 6.75. The number of hydrogen-bond acceptors (Lipinski definition) is 6.